The number of hydrogen-bond acceptors (Lipinski definition) is 3. The minimum Gasteiger partial charge on any atom is -0.461 e. The molecule has 0 N–H and O–H groups in total. The predicted octanol–water partition coefficient (Wildman–Crippen LogP) is 5.48. The second-order valence-electron chi connectivity index (χ2n) is 6.65. The molecule has 144 valence electrons. The zero-order valence-electron chi connectivity index (χ0n) is 16.2. The number of nitrogens with zero attached hydrogens (tertiary/aromatic N) is 2. The molecule has 0 saturated heterocycles. The number of carbonyl (C=O) groups is 1. The van der Waals surface area contributed by atoms with E-state index < -0.39 is 5.97 Å². The van der Waals surface area contributed by atoms with Gasteiger partial charge in [-0.05, 0) is 48.7 Å². The number of ether oxygens (including phenoxy) is 1. The van der Waals surface area contributed by atoms with Gasteiger partial charge in [-0.15, -0.1) is 0 Å². The van der Waals surface area contributed by atoms with Crippen molar-refractivity contribution in [2.45, 2.75) is 26.7 Å². The maximum Gasteiger partial charge on any atom is 0.359 e. The highest BCUT2D eigenvalue weighted by Gasteiger charge is 2.25. The molecule has 0 aliphatic rings. The molecular weight excluding hydrogens is 355 g/mol. The van der Waals surface area contributed by atoms with Crippen molar-refractivity contribution in [3.05, 3.63) is 82.9 Å². The first kappa shape index (κ1) is 19.5. The monoisotopic (exact) mass is 378 g/mol. The Bertz CT molecular complexity index is 974. The van der Waals surface area contributed by atoms with Gasteiger partial charge in [-0.2, -0.15) is 5.10 Å². The van der Waals surface area contributed by atoms with E-state index in [2.05, 4.69) is 5.10 Å². The summed E-state index contributed by atoms with van der Waals surface area (Å²) >= 11 is 0. The third kappa shape index (κ3) is 4.19. The normalized spacial score (nSPS) is 11.3. The Balaban J connectivity index is 2.18. The van der Waals surface area contributed by atoms with Gasteiger partial charge >= 0.3 is 5.97 Å². The molecule has 3 rings (SSSR count). The number of halogens is 1. The fourth-order valence-electron chi connectivity index (χ4n) is 3.04. The van der Waals surface area contributed by atoms with E-state index in [4.69, 9.17) is 4.74 Å². The van der Waals surface area contributed by atoms with E-state index in [1.165, 1.54) is 12.1 Å². The smallest absolute Gasteiger partial charge is 0.359 e. The highest BCUT2D eigenvalue weighted by Crippen LogP contribution is 2.28. The van der Waals surface area contributed by atoms with Gasteiger partial charge < -0.3 is 4.74 Å². The molecule has 4 nitrogen and oxygen atoms in total. The van der Waals surface area contributed by atoms with Crippen molar-refractivity contribution >= 4 is 18.1 Å². The quantitative estimate of drug-likeness (QED) is 0.533. The Kier molecular flexibility index (Phi) is 6.04. The summed E-state index contributed by atoms with van der Waals surface area (Å²) in [4.78, 5) is 12.5. The summed E-state index contributed by atoms with van der Waals surface area (Å²) < 4.78 is 20.3. The first-order valence-electron chi connectivity index (χ1n) is 9.30. The molecule has 0 saturated carbocycles. The second-order valence-corrected chi connectivity index (χ2v) is 6.65. The van der Waals surface area contributed by atoms with E-state index in [9.17, 15) is 9.18 Å². The van der Waals surface area contributed by atoms with E-state index in [-0.39, 0.29) is 24.0 Å². The number of benzene rings is 2. The van der Waals surface area contributed by atoms with Crippen molar-refractivity contribution in [1.82, 2.24) is 9.78 Å². The van der Waals surface area contributed by atoms with E-state index in [1.807, 2.05) is 56.3 Å². The molecule has 0 unspecified atom stereocenters. The molecule has 0 spiro atoms. The molecule has 0 radical (unpaired) electrons. The molecule has 0 atom stereocenters. The van der Waals surface area contributed by atoms with Crippen molar-refractivity contribution in [2.24, 2.45) is 0 Å². The van der Waals surface area contributed by atoms with Crippen LogP contribution in [0, 0.1) is 5.82 Å². The van der Waals surface area contributed by atoms with Crippen LogP contribution in [0.5, 0.6) is 0 Å². The SMILES string of the molecule is CCOC(=O)c1nn(-c2ccc(F)cc2)c(C=Cc2ccccc2)c1C(C)C. The van der Waals surface area contributed by atoms with Gasteiger partial charge in [-0.1, -0.05) is 50.3 Å². The Morgan fingerprint density at radius 3 is 2.39 bits per heavy atom. The van der Waals surface area contributed by atoms with E-state index in [1.54, 1.807) is 23.7 Å². The summed E-state index contributed by atoms with van der Waals surface area (Å²) in [5, 5.41) is 4.53. The van der Waals surface area contributed by atoms with Crippen molar-refractivity contribution in [3.8, 4) is 5.69 Å². The standard InChI is InChI=1S/C23H23FN2O2/c1-4-28-23(27)22-21(16(2)3)20(15-10-17-8-6-5-7-9-17)26(25-22)19-13-11-18(24)12-14-19/h5-16H,4H2,1-3H3. The van der Waals surface area contributed by atoms with Crippen LogP contribution in [-0.4, -0.2) is 22.4 Å². The fraction of sp³-hybridized carbons (Fsp3) is 0.217. The molecule has 2 aromatic carbocycles. The minimum absolute atomic E-state index is 0.0454. The average Bonchev–Trinajstić information content (AvgIpc) is 3.08. The summed E-state index contributed by atoms with van der Waals surface area (Å²) in [7, 11) is 0. The topological polar surface area (TPSA) is 44.1 Å². The summed E-state index contributed by atoms with van der Waals surface area (Å²) in [5.41, 5.74) is 3.56. The summed E-state index contributed by atoms with van der Waals surface area (Å²) in [6.07, 6.45) is 3.90. The van der Waals surface area contributed by atoms with Crippen LogP contribution in [0.15, 0.2) is 54.6 Å². The lowest BCUT2D eigenvalue weighted by Crippen LogP contribution is -2.09. The second kappa shape index (κ2) is 8.65. The zero-order chi connectivity index (χ0) is 20.1. The highest BCUT2D eigenvalue weighted by molar-refractivity contribution is 5.91. The minimum atomic E-state index is -0.457. The molecule has 28 heavy (non-hydrogen) atoms. The van der Waals surface area contributed by atoms with Crippen LogP contribution in [0.1, 0.15) is 54.0 Å². The van der Waals surface area contributed by atoms with Crippen molar-refractivity contribution < 1.29 is 13.9 Å². The average molecular weight is 378 g/mol. The first-order chi connectivity index (χ1) is 13.5. The van der Waals surface area contributed by atoms with Crippen molar-refractivity contribution in [1.29, 1.82) is 0 Å². The van der Waals surface area contributed by atoms with Crippen LogP contribution in [0.25, 0.3) is 17.8 Å². The molecule has 0 aliphatic carbocycles. The van der Waals surface area contributed by atoms with E-state index in [0.29, 0.717) is 5.69 Å². The van der Waals surface area contributed by atoms with Gasteiger partial charge in [-0.25, -0.2) is 13.9 Å². The molecule has 1 heterocycles. The van der Waals surface area contributed by atoms with Gasteiger partial charge in [0.05, 0.1) is 18.0 Å². The number of carbonyl (C=O) groups excluding carboxylic acids is 1. The van der Waals surface area contributed by atoms with E-state index in [0.717, 1.165) is 16.8 Å². The Labute approximate surface area is 164 Å². The number of hydrogen-bond donors (Lipinski definition) is 0. The number of esters is 1. The third-order valence-electron chi connectivity index (χ3n) is 4.31. The van der Waals surface area contributed by atoms with Gasteiger partial charge in [0.2, 0.25) is 0 Å². The van der Waals surface area contributed by atoms with Gasteiger partial charge in [0, 0.05) is 5.56 Å². The van der Waals surface area contributed by atoms with Crippen LogP contribution >= 0.6 is 0 Å². The molecule has 1 aromatic heterocycles. The molecule has 3 aromatic rings. The van der Waals surface area contributed by atoms with Crippen LogP contribution < -0.4 is 0 Å². The van der Waals surface area contributed by atoms with Gasteiger partial charge in [-0.3, -0.25) is 0 Å². The molecule has 0 bridgehead atoms. The largest absolute Gasteiger partial charge is 0.461 e. The number of rotatable bonds is 6. The molecule has 0 aliphatic heterocycles. The summed E-state index contributed by atoms with van der Waals surface area (Å²) in [5.74, 6) is -0.738. The van der Waals surface area contributed by atoms with E-state index >= 15 is 0 Å². The first-order valence-corrected chi connectivity index (χ1v) is 9.30. The molecule has 0 fully saturated rings. The van der Waals surface area contributed by atoms with Crippen LogP contribution in [0.4, 0.5) is 4.39 Å². The van der Waals surface area contributed by atoms with Crippen LogP contribution in [-0.2, 0) is 4.74 Å². The Hall–Kier alpha value is -3.21. The lowest BCUT2D eigenvalue weighted by molar-refractivity contribution is 0.0517. The zero-order valence-corrected chi connectivity index (χ0v) is 16.2. The van der Waals surface area contributed by atoms with Crippen molar-refractivity contribution in [2.75, 3.05) is 6.61 Å². The maximum atomic E-state index is 13.4. The lowest BCUT2D eigenvalue weighted by atomic mass is 9.99. The van der Waals surface area contributed by atoms with Gasteiger partial charge in [0.1, 0.15) is 5.82 Å². The summed E-state index contributed by atoms with van der Waals surface area (Å²) in [6.45, 7) is 6.05. The predicted molar refractivity (Wildman–Crippen MR) is 109 cm³/mol. The highest BCUT2D eigenvalue weighted by atomic mass is 19.1. The molecule has 5 heteroatoms. The van der Waals surface area contributed by atoms with Crippen LogP contribution in [0.3, 0.4) is 0 Å². The fourth-order valence-corrected chi connectivity index (χ4v) is 3.04. The Morgan fingerprint density at radius 1 is 1.11 bits per heavy atom. The summed E-state index contributed by atoms with van der Waals surface area (Å²) in [6, 6.07) is 15.9. The third-order valence-corrected chi connectivity index (χ3v) is 4.31. The molecular formula is C23H23FN2O2. The molecule has 0 amide bonds. The Morgan fingerprint density at radius 2 is 1.79 bits per heavy atom. The maximum absolute atomic E-state index is 13.4. The van der Waals surface area contributed by atoms with Crippen molar-refractivity contribution in [3.63, 3.8) is 0 Å². The van der Waals surface area contributed by atoms with Gasteiger partial charge in [0.15, 0.2) is 5.69 Å². The van der Waals surface area contributed by atoms with Crippen LogP contribution in [0.2, 0.25) is 0 Å². The lowest BCUT2D eigenvalue weighted by Gasteiger charge is -2.09. The van der Waals surface area contributed by atoms with Gasteiger partial charge in [0.25, 0.3) is 0 Å². The number of aromatic nitrogens is 2.